The highest BCUT2D eigenvalue weighted by molar-refractivity contribution is 9.10. The fourth-order valence-electron chi connectivity index (χ4n) is 3.84. The van der Waals surface area contributed by atoms with Gasteiger partial charge >= 0.3 is 0 Å². The molecule has 1 amide bonds. The number of para-hydroxylation sites is 2. The van der Waals surface area contributed by atoms with Crippen LogP contribution in [-0.2, 0) is 11.3 Å². The lowest BCUT2D eigenvalue weighted by Gasteiger charge is -2.08. The van der Waals surface area contributed by atoms with Crippen LogP contribution in [0.2, 0.25) is 0 Å². The molecule has 0 aliphatic rings. The summed E-state index contributed by atoms with van der Waals surface area (Å²) in [5, 5.41) is 10.1. The fraction of sp³-hybridized carbons (Fsp3) is 0.0769. The van der Waals surface area contributed by atoms with Gasteiger partial charge in [-0.15, -0.1) is 5.10 Å². The van der Waals surface area contributed by atoms with Crippen LogP contribution in [0.5, 0.6) is 0 Å². The van der Waals surface area contributed by atoms with Crippen LogP contribution in [0.15, 0.2) is 92.9 Å². The van der Waals surface area contributed by atoms with Gasteiger partial charge < -0.3 is 9.73 Å². The van der Waals surface area contributed by atoms with Crippen molar-refractivity contribution in [2.45, 2.75) is 11.7 Å². The normalized spacial score (nSPS) is 11.5. The van der Waals surface area contributed by atoms with Gasteiger partial charge in [0.05, 0.1) is 11.3 Å². The molecule has 0 unspecified atom stereocenters. The molecule has 3 aromatic heterocycles. The summed E-state index contributed by atoms with van der Waals surface area (Å²) in [4.78, 5) is 22.1. The van der Waals surface area contributed by atoms with Crippen molar-refractivity contribution < 1.29 is 9.21 Å². The van der Waals surface area contributed by atoms with Gasteiger partial charge in [0.2, 0.25) is 11.7 Å². The number of fused-ring (bicyclic) bond motifs is 4. The van der Waals surface area contributed by atoms with Crippen LogP contribution in [0.25, 0.3) is 39.1 Å². The second-order valence-corrected chi connectivity index (χ2v) is 9.68. The largest absolute Gasteiger partial charge is 0.453 e. The lowest BCUT2D eigenvalue weighted by molar-refractivity contribution is -0.118. The maximum absolute atomic E-state index is 12.6. The summed E-state index contributed by atoms with van der Waals surface area (Å²) in [5.74, 6) is 1.16. The highest BCUT2D eigenvalue weighted by Gasteiger charge is 2.18. The number of hydrogen-bond donors (Lipinski definition) is 1. The van der Waals surface area contributed by atoms with Crippen LogP contribution in [-0.4, -0.2) is 31.2 Å². The van der Waals surface area contributed by atoms with Gasteiger partial charge in [0.25, 0.3) is 0 Å². The zero-order chi connectivity index (χ0) is 23.8. The first-order valence-corrected chi connectivity index (χ1v) is 12.7. The molecule has 0 bridgehead atoms. The van der Waals surface area contributed by atoms with Crippen LogP contribution in [0.4, 0.5) is 0 Å². The van der Waals surface area contributed by atoms with Crippen LogP contribution >= 0.6 is 27.7 Å². The van der Waals surface area contributed by atoms with Crippen molar-refractivity contribution in [2.75, 3.05) is 5.75 Å². The molecule has 0 saturated carbocycles. The molecule has 6 aromatic rings. The summed E-state index contributed by atoms with van der Waals surface area (Å²) in [6, 6.07) is 25.3. The van der Waals surface area contributed by atoms with Gasteiger partial charge in [-0.2, -0.15) is 4.52 Å². The first kappa shape index (κ1) is 21.8. The minimum Gasteiger partial charge on any atom is -0.453 e. The van der Waals surface area contributed by atoms with E-state index in [0.29, 0.717) is 28.9 Å². The Bertz CT molecular complexity index is 1680. The van der Waals surface area contributed by atoms with E-state index in [2.05, 4.69) is 21.2 Å². The Hall–Kier alpha value is -3.69. The summed E-state index contributed by atoms with van der Waals surface area (Å²) in [7, 11) is 0. The maximum atomic E-state index is 12.6. The van der Waals surface area contributed by atoms with E-state index in [4.69, 9.17) is 19.5 Å². The van der Waals surface area contributed by atoms with E-state index in [9.17, 15) is 4.79 Å². The van der Waals surface area contributed by atoms with Crippen molar-refractivity contribution in [3.05, 3.63) is 88.9 Å². The number of amides is 1. The summed E-state index contributed by atoms with van der Waals surface area (Å²) >= 11 is 4.83. The van der Waals surface area contributed by atoms with E-state index < -0.39 is 0 Å². The lowest BCUT2D eigenvalue weighted by Crippen LogP contribution is -2.25. The van der Waals surface area contributed by atoms with Crippen LogP contribution in [0, 0.1) is 0 Å². The maximum Gasteiger partial charge on any atom is 0.230 e. The number of aromatic nitrogens is 4. The van der Waals surface area contributed by atoms with Crippen molar-refractivity contribution in [2.24, 2.45) is 0 Å². The molecule has 0 aliphatic heterocycles. The molecule has 0 atom stereocenters. The molecule has 6 rings (SSSR count). The standard InChI is InChI=1S/C26H18BrN5O2S/c27-19-10-4-1-8-17(19)14-28-23(33)15-35-26-29-20-11-5-3-9-18(20)25-30-24(31-32(25)26)22-13-16-7-2-6-12-21(16)34-22/h1-13H,14-15H2,(H,28,33). The Morgan fingerprint density at radius 3 is 2.69 bits per heavy atom. The van der Waals surface area contributed by atoms with E-state index in [1.54, 1.807) is 4.52 Å². The monoisotopic (exact) mass is 543 g/mol. The number of nitrogens with zero attached hydrogens (tertiary/aromatic N) is 4. The average Bonchev–Trinajstić information content (AvgIpc) is 3.52. The molecule has 172 valence electrons. The van der Waals surface area contributed by atoms with Crippen molar-refractivity contribution >= 4 is 61.1 Å². The smallest absolute Gasteiger partial charge is 0.230 e. The van der Waals surface area contributed by atoms with Crippen LogP contribution < -0.4 is 5.32 Å². The minimum atomic E-state index is -0.0912. The zero-order valence-electron chi connectivity index (χ0n) is 18.3. The van der Waals surface area contributed by atoms with Gasteiger partial charge in [0.1, 0.15) is 5.58 Å². The molecule has 9 heteroatoms. The van der Waals surface area contributed by atoms with Gasteiger partial charge in [-0.25, -0.2) is 9.97 Å². The molecule has 3 aromatic carbocycles. The third kappa shape index (κ3) is 4.28. The first-order chi connectivity index (χ1) is 17.2. The van der Waals surface area contributed by atoms with E-state index >= 15 is 0 Å². The molecule has 0 radical (unpaired) electrons. The Balaban J connectivity index is 1.31. The van der Waals surface area contributed by atoms with Crippen LogP contribution in [0.1, 0.15) is 5.56 Å². The van der Waals surface area contributed by atoms with Gasteiger partial charge in [-0.1, -0.05) is 76.2 Å². The second-order valence-electron chi connectivity index (χ2n) is 7.89. The summed E-state index contributed by atoms with van der Waals surface area (Å²) in [5.41, 5.74) is 3.26. The van der Waals surface area contributed by atoms with Gasteiger partial charge in [0.15, 0.2) is 16.6 Å². The van der Waals surface area contributed by atoms with E-state index in [1.807, 2.05) is 78.9 Å². The van der Waals surface area contributed by atoms with E-state index in [0.717, 1.165) is 31.9 Å². The topological polar surface area (TPSA) is 85.3 Å². The Morgan fingerprint density at radius 2 is 1.80 bits per heavy atom. The molecule has 0 aliphatic carbocycles. The quantitative estimate of drug-likeness (QED) is 0.209. The predicted octanol–water partition coefficient (Wildman–Crippen LogP) is 5.86. The number of hydrogen-bond acceptors (Lipinski definition) is 6. The van der Waals surface area contributed by atoms with Crippen LogP contribution in [0.3, 0.4) is 0 Å². The number of carbonyl (C=O) groups is 1. The van der Waals surface area contributed by atoms with Gasteiger partial charge in [-0.05, 0) is 35.9 Å². The van der Waals surface area contributed by atoms with Crippen molar-refractivity contribution in [1.82, 2.24) is 24.9 Å². The molecule has 1 N–H and O–H groups in total. The molecular formula is C26H18BrN5O2S. The summed E-state index contributed by atoms with van der Waals surface area (Å²) in [6.07, 6.45) is 0. The number of halogens is 1. The van der Waals surface area contributed by atoms with E-state index in [-0.39, 0.29) is 11.7 Å². The van der Waals surface area contributed by atoms with Gasteiger partial charge in [-0.3, -0.25) is 4.79 Å². The third-order valence-corrected chi connectivity index (χ3v) is 7.26. The Kier molecular flexibility index (Phi) is 5.71. The van der Waals surface area contributed by atoms with Crippen molar-refractivity contribution in [1.29, 1.82) is 0 Å². The highest BCUT2D eigenvalue weighted by atomic mass is 79.9. The number of carbonyl (C=O) groups excluding carboxylic acids is 1. The second kappa shape index (κ2) is 9.16. The summed E-state index contributed by atoms with van der Waals surface area (Å²) in [6.45, 7) is 0.445. The number of rotatable bonds is 6. The molecule has 3 heterocycles. The molecule has 0 fully saturated rings. The van der Waals surface area contributed by atoms with Gasteiger partial charge in [0, 0.05) is 21.8 Å². The minimum absolute atomic E-state index is 0.0912. The highest BCUT2D eigenvalue weighted by Crippen LogP contribution is 2.29. The number of benzene rings is 3. The first-order valence-electron chi connectivity index (χ1n) is 10.9. The fourth-order valence-corrected chi connectivity index (χ4v) is 5.04. The summed E-state index contributed by atoms with van der Waals surface area (Å²) < 4.78 is 8.64. The van der Waals surface area contributed by atoms with Crippen molar-refractivity contribution in [3.8, 4) is 11.6 Å². The lowest BCUT2D eigenvalue weighted by atomic mass is 10.2. The Labute approximate surface area is 212 Å². The Morgan fingerprint density at radius 1 is 1.00 bits per heavy atom. The molecule has 0 spiro atoms. The van der Waals surface area contributed by atoms with E-state index in [1.165, 1.54) is 11.8 Å². The number of furan rings is 1. The number of thioether (sulfide) groups is 1. The molecule has 35 heavy (non-hydrogen) atoms. The molecular weight excluding hydrogens is 526 g/mol. The predicted molar refractivity (Wildman–Crippen MR) is 140 cm³/mol. The SMILES string of the molecule is O=C(CSc1nc2ccccc2c2nc(-c3cc4ccccc4o3)nn12)NCc1ccccc1Br. The molecule has 7 nitrogen and oxygen atoms in total. The third-order valence-electron chi connectivity index (χ3n) is 5.56. The van der Waals surface area contributed by atoms with Crippen molar-refractivity contribution in [3.63, 3.8) is 0 Å². The molecule has 0 saturated heterocycles. The average molecular weight is 544 g/mol. The zero-order valence-corrected chi connectivity index (χ0v) is 20.7. The number of nitrogens with one attached hydrogen (secondary N) is 1.